The van der Waals surface area contributed by atoms with Crippen molar-refractivity contribution >= 4 is 11.9 Å². The van der Waals surface area contributed by atoms with Crippen molar-refractivity contribution in [2.24, 2.45) is 0 Å². The van der Waals surface area contributed by atoms with Gasteiger partial charge in [-0.05, 0) is 31.4 Å². The van der Waals surface area contributed by atoms with Crippen LogP contribution in [-0.2, 0) is 16.1 Å². The maximum absolute atomic E-state index is 11.9. The van der Waals surface area contributed by atoms with Gasteiger partial charge in [-0.1, -0.05) is 0 Å². The summed E-state index contributed by atoms with van der Waals surface area (Å²) < 4.78 is 7.10. The molecule has 3 rings (SSSR count). The number of fused-ring (bicyclic) bond motifs is 2. The van der Waals surface area contributed by atoms with Crippen LogP contribution < -0.4 is 5.32 Å². The molecule has 0 saturated carbocycles. The van der Waals surface area contributed by atoms with Gasteiger partial charge in [0, 0.05) is 6.20 Å². The highest BCUT2D eigenvalue weighted by Gasteiger charge is 2.41. The average molecular weight is 264 g/mol. The largest absolute Gasteiger partial charge is 0.477 e. The van der Waals surface area contributed by atoms with Crippen molar-refractivity contribution in [3.05, 3.63) is 24.0 Å². The number of amides is 1. The first-order valence-corrected chi connectivity index (χ1v) is 6.47. The highest BCUT2D eigenvalue weighted by Crippen LogP contribution is 2.34. The highest BCUT2D eigenvalue weighted by atomic mass is 16.5. The van der Waals surface area contributed by atoms with E-state index in [1.807, 2.05) is 0 Å². The Balaban J connectivity index is 1.59. The van der Waals surface area contributed by atoms with Gasteiger partial charge in [0.1, 0.15) is 12.2 Å². The van der Waals surface area contributed by atoms with E-state index in [9.17, 15) is 9.59 Å². The van der Waals surface area contributed by atoms with E-state index in [1.54, 1.807) is 12.3 Å². The van der Waals surface area contributed by atoms with E-state index in [1.165, 1.54) is 10.6 Å². The van der Waals surface area contributed by atoms with Gasteiger partial charge in [-0.2, -0.15) is 0 Å². The minimum atomic E-state index is -1.03. The van der Waals surface area contributed by atoms with Crippen LogP contribution in [0.15, 0.2) is 18.3 Å². The standard InChI is InChI=1S/C13H16N2O4/c16-12(7-15-5-1-2-10(15)13(17)18)14-9-6-8-3-4-11(9)19-8/h1-2,5,8-9,11H,3-4,6-7H2,(H,14,16)(H,17,18). The number of rotatable bonds is 4. The highest BCUT2D eigenvalue weighted by molar-refractivity contribution is 5.86. The molecule has 6 heteroatoms. The van der Waals surface area contributed by atoms with E-state index < -0.39 is 5.97 Å². The molecule has 3 heterocycles. The molecular weight excluding hydrogens is 248 g/mol. The number of hydrogen-bond donors (Lipinski definition) is 2. The van der Waals surface area contributed by atoms with Crippen molar-refractivity contribution in [3.8, 4) is 0 Å². The van der Waals surface area contributed by atoms with Crippen molar-refractivity contribution in [1.29, 1.82) is 0 Å². The molecule has 19 heavy (non-hydrogen) atoms. The smallest absolute Gasteiger partial charge is 0.352 e. The SMILES string of the molecule is O=C(Cn1cccc1C(=O)O)NC1CC2CCC1O2. The molecule has 1 amide bonds. The molecule has 1 aromatic rings. The van der Waals surface area contributed by atoms with Crippen LogP contribution in [0.3, 0.4) is 0 Å². The van der Waals surface area contributed by atoms with Crippen LogP contribution in [0.1, 0.15) is 29.8 Å². The quantitative estimate of drug-likeness (QED) is 0.835. The Labute approximate surface area is 110 Å². The van der Waals surface area contributed by atoms with Gasteiger partial charge in [0.15, 0.2) is 0 Å². The Kier molecular flexibility index (Phi) is 3.02. The zero-order chi connectivity index (χ0) is 13.4. The lowest BCUT2D eigenvalue weighted by atomic mass is 9.95. The topological polar surface area (TPSA) is 80.6 Å². The number of aromatic nitrogens is 1. The van der Waals surface area contributed by atoms with Gasteiger partial charge in [0.2, 0.25) is 5.91 Å². The third-order valence-corrected chi connectivity index (χ3v) is 3.81. The molecular formula is C13H16N2O4. The van der Waals surface area contributed by atoms with Gasteiger partial charge in [-0.15, -0.1) is 0 Å². The van der Waals surface area contributed by atoms with Crippen molar-refractivity contribution in [1.82, 2.24) is 9.88 Å². The molecule has 2 saturated heterocycles. The number of carboxylic acid groups (broad SMARTS) is 1. The monoisotopic (exact) mass is 264 g/mol. The van der Waals surface area contributed by atoms with E-state index in [0.717, 1.165) is 19.3 Å². The van der Waals surface area contributed by atoms with Gasteiger partial charge >= 0.3 is 5.97 Å². The molecule has 3 unspecified atom stereocenters. The summed E-state index contributed by atoms with van der Waals surface area (Å²) in [7, 11) is 0. The fourth-order valence-electron chi connectivity index (χ4n) is 2.94. The average Bonchev–Trinajstić information content (AvgIpc) is 3.03. The summed E-state index contributed by atoms with van der Waals surface area (Å²) in [5, 5.41) is 11.9. The second-order valence-corrected chi connectivity index (χ2v) is 5.11. The van der Waals surface area contributed by atoms with Crippen LogP contribution in [0.5, 0.6) is 0 Å². The molecule has 3 atom stereocenters. The van der Waals surface area contributed by atoms with E-state index in [2.05, 4.69) is 5.32 Å². The van der Waals surface area contributed by atoms with E-state index in [0.29, 0.717) is 0 Å². The number of aromatic carboxylic acids is 1. The predicted molar refractivity (Wildman–Crippen MR) is 65.8 cm³/mol. The number of ether oxygens (including phenoxy) is 1. The molecule has 102 valence electrons. The maximum Gasteiger partial charge on any atom is 0.352 e. The molecule has 0 aromatic carbocycles. The van der Waals surface area contributed by atoms with Crippen LogP contribution in [0.2, 0.25) is 0 Å². The third kappa shape index (κ3) is 2.35. The number of carbonyl (C=O) groups excluding carboxylic acids is 1. The summed E-state index contributed by atoms with van der Waals surface area (Å²) >= 11 is 0. The first-order valence-electron chi connectivity index (χ1n) is 6.47. The van der Waals surface area contributed by atoms with Crippen molar-refractivity contribution < 1.29 is 19.4 Å². The van der Waals surface area contributed by atoms with Crippen LogP contribution in [0.4, 0.5) is 0 Å². The lowest BCUT2D eigenvalue weighted by Gasteiger charge is -2.20. The Morgan fingerprint density at radius 3 is 2.95 bits per heavy atom. The van der Waals surface area contributed by atoms with Gasteiger partial charge in [0.25, 0.3) is 0 Å². The number of nitrogens with zero attached hydrogens (tertiary/aromatic N) is 1. The first kappa shape index (κ1) is 12.2. The molecule has 0 aliphatic carbocycles. The van der Waals surface area contributed by atoms with Gasteiger partial charge in [-0.3, -0.25) is 4.79 Å². The fourth-order valence-corrected chi connectivity index (χ4v) is 2.94. The number of nitrogens with one attached hydrogen (secondary N) is 1. The summed E-state index contributed by atoms with van der Waals surface area (Å²) in [4.78, 5) is 22.9. The second-order valence-electron chi connectivity index (χ2n) is 5.11. The molecule has 1 aromatic heterocycles. The Hall–Kier alpha value is -1.82. The molecule has 2 N–H and O–H groups in total. The molecule has 2 aliphatic heterocycles. The van der Waals surface area contributed by atoms with Crippen LogP contribution in [0, 0.1) is 0 Å². The Bertz CT molecular complexity index is 510. The maximum atomic E-state index is 11.9. The van der Waals surface area contributed by atoms with Gasteiger partial charge < -0.3 is 19.7 Å². The fraction of sp³-hybridized carbons (Fsp3) is 0.538. The summed E-state index contributed by atoms with van der Waals surface area (Å²) in [6, 6.07) is 3.18. The molecule has 2 bridgehead atoms. The third-order valence-electron chi connectivity index (χ3n) is 3.81. The zero-order valence-electron chi connectivity index (χ0n) is 10.4. The van der Waals surface area contributed by atoms with Crippen LogP contribution in [-0.4, -0.2) is 39.8 Å². The molecule has 2 fully saturated rings. The van der Waals surface area contributed by atoms with Crippen molar-refractivity contribution in [2.75, 3.05) is 0 Å². The lowest BCUT2D eigenvalue weighted by Crippen LogP contribution is -2.42. The molecule has 2 aliphatic rings. The van der Waals surface area contributed by atoms with E-state index in [4.69, 9.17) is 9.84 Å². The zero-order valence-corrected chi connectivity index (χ0v) is 10.4. The minimum Gasteiger partial charge on any atom is -0.477 e. The Morgan fingerprint density at radius 1 is 1.47 bits per heavy atom. The lowest BCUT2D eigenvalue weighted by molar-refractivity contribution is -0.122. The molecule has 6 nitrogen and oxygen atoms in total. The summed E-state index contributed by atoms with van der Waals surface area (Å²) in [6.07, 6.45) is 4.97. The summed E-state index contributed by atoms with van der Waals surface area (Å²) in [6.45, 7) is 0.0303. The summed E-state index contributed by atoms with van der Waals surface area (Å²) in [5.41, 5.74) is 0.124. The molecule has 0 radical (unpaired) electrons. The normalized spacial score (nSPS) is 28.5. The van der Waals surface area contributed by atoms with Crippen LogP contribution >= 0.6 is 0 Å². The van der Waals surface area contributed by atoms with Crippen LogP contribution in [0.25, 0.3) is 0 Å². The number of carbonyl (C=O) groups is 2. The predicted octanol–water partition coefficient (Wildman–Crippen LogP) is 0.622. The summed E-state index contributed by atoms with van der Waals surface area (Å²) in [5.74, 6) is -1.19. The Morgan fingerprint density at radius 2 is 2.32 bits per heavy atom. The van der Waals surface area contributed by atoms with Crippen molar-refractivity contribution in [2.45, 2.75) is 44.1 Å². The van der Waals surface area contributed by atoms with E-state index >= 15 is 0 Å². The van der Waals surface area contributed by atoms with Gasteiger partial charge in [0.05, 0.1) is 18.2 Å². The van der Waals surface area contributed by atoms with E-state index in [-0.39, 0.29) is 36.4 Å². The number of carboxylic acids is 1. The second kappa shape index (κ2) is 4.70. The number of hydrogen-bond acceptors (Lipinski definition) is 3. The van der Waals surface area contributed by atoms with Gasteiger partial charge in [-0.25, -0.2) is 4.79 Å². The van der Waals surface area contributed by atoms with Crippen molar-refractivity contribution in [3.63, 3.8) is 0 Å². The minimum absolute atomic E-state index is 0.0303. The molecule has 0 spiro atoms. The first-order chi connectivity index (χ1) is 9.13.